The van der Waals surface area contributed by atoms with Crippen molar-refractivity contribution >= 4 is 45.7 Å². The van der Waals surface area contributed by atoms with Gasteiger partial charge in [0, 0.05) is 28.4 Å². The predicted octanol–water partition coefficient (Wildman–Crippen LogP) is 3.68. The van der Waals surface area contributed by atoms with Crippen LogP contribution in [-0.2, 0) is 0 Å². The SMILES string of the molecule is C(=N/Nc1nc2nonc2nc1Nc1ccccc1)/c1c[nH]c2ccccc12. The van der Waals surface area contributed by atoms with Crippen LogP contribution in [0.25, 0.3) is 22.2 Å². The Morgan fingerprint density at radius 3 is 2.50 bits per heavy atom. The topological polar surface area (TPSA) is 117 Å². The average Bonchev–Trinajstić information content (AvgIpc) is 3.35. The number of aromatic nitrogens is 5. The van der Waals surface area contributed by atoms with Crippen LogP contribution in [0.15, 0.2) is 70.5 Å². The number of fused-ring (bicyclic) bond motifs is 2. The molecule has 9 heteroatoms. The summed E-state index contributed by atoms with van der Waals surface area (Å²) in [5.74, 6) is 0.869. The Balaban J connectivity index is 1.46. The molecule has 3 heterocycles. The minimum Gasteiger partial charge on any atom is -0.361 e. The second-order valence-electron chi connectivity index (χ2n) is 5.98. The van der Waals surface area contributed by atoms with Gasteiger partial charge in [0.25, 0.3) is 0 Å². The summed E-state index contributed by atoms with van der Waals surface area (Å²) in [6.07, 6.45) is 3.62. The maximum atomic E-state index is 4.71. The maximum absolute atomic E-state index is 4.71. The summed E-state index contributed by atoms with van der Waals surface area (Å²) in [4.78, 5) is 12.0. The summed E-state index contributed by atoms with van der Waals surface area (Å²) in [6.45, 7) is 0. The lowest BCUT2D eigenvalue weighted by molar-refractivity contribution is 0.314. The smallest absolute Gasteiger partial charge is 0.245 e. The summed E-state index contributed by atoms with van der Waals surface area (Å²) in [7, 11) is 0. The first-order chi connectivity index (χ1) is 13.9. The van der Waals surface area contributed by atoms with E-state index in [0.29, 0.717) is 22.9 Å². The van der Waals surface area contributed by atoms with E-state index in [0.717, 1.165) is 22.2 Å². The van der Waals surface area contributed by atoms with Crippen molar-refractivity contribution in [1.82, 2.24) is 25.3 Å². The number of para-hydroxylation sites is 2. The summed E-state index contributed by atoms with van der Waals surface area (Å²) >= 11 is 0. The number of hydrogen-bond donors (Lipinski definition) is 3. The van der Waals surface area contributed by atoms with Crippen LogP contribution in [0.2, 0.25) is 0 Å². The van der Waals surface area contributed by atoms with Crippen LogP contribution in [0, 0.1) is 0 Å². The van der Waals surface area contributed by atoms with Crippen molar-refractivity contribution in [1.29, 1.82) is 0 Å². The molecule has 5 aromatic rings. The first kappa shape index (κ1) is 15.9. The highest BCUT2D eigenvalue weighted by molar-refractivity contribution is 5.99. The molecule has 9 nitrogen and oxygen atoms in total. The van der Waals surface area contributed by atoms with Crippen molar-refractivity contribution in [2.45, 2.75) is 0 Å². The molecule has 28 heavy (non-hydrogen) atoms. The van der Waals surface area contributed by atoms with E-state index >= 15 is 0 Å². The van der Waals surface area contributed by atoms with E-state index in [2.05, 4.69) is 41.1 Å². The monoisotopic (exact) mass is 370 g/mol. The maximum Gasteiger partial charge on any atom is 0.245 e. The largest absolute Gasteiger partial charge is 0.361 e. The molecule has 0 fully saturated rings. The van der Waals surface area contributed by atoms with Crippen LogP contribution < -0.4 is 10.7 Å². The molecule has 3 N–H and O–H groups in total. The fourth-order valence-corrected chi connectivity index (χ4v) is 2.82. The average molecular weight is 370 g/mol. The first-order valence-corrected chi connectivity index (χ1v) is 8.54. The van der Waals surface area contributed by atoms with Gasteiger partial charge in [-0.25, -0.2) is 9.61 Å². The van der Waals surface area contributed by atoms with Gasteiger partial charge in [-0.1, -0.05) is 36.4 Å². The Kier molecular flexibility index (Phi) is 3.87. The van der Waals surface area contributed by atoms with E-state index in [1.54, 1.807) is 6.21 Å². The number of anilines is 3. The molecule has 0 saturated heterocycles. The number of rotatable bonds is 5. The Bertz CT molecular complexity index is 1280. The number of nitrogens with one attached hydrogen (secondary N) is 3. The third-order valence-electron chi connectivity index (χ3n) is 4.15. The van der Waals surface area contributed by atoms with Crippen molar-refractivity contribution in [3.63, 3.8) is 0 Å². The zero-order valence-electron chi connectivity index (χ0n) is 14.5. The lowest BCUT2D eigenvalue weighted by Gasteiger charge is -2.08. The molecule has 3 aromatic heterocycles. The van der Waals surface area contributed by atoms with Gasteiger partial charge in [0.15, 0.2) is 11.6 Å². The fourth-order valence-electron chi connectivity index (χ4n) is 2.82. The number of aromatic amines is 1. The standard InChI is InChI=1S/C19H14N8O/c1-2-6-13(7-3-1)22-16-17(24-19-18(23-16)26-28-27-19)25-21-11-12-10-20-15-9-5-4-8-14(12)15/h1-11,20H,(H,22,23,26)(H,24,25,27)/b21-11-. The summed E-state index contributed by atoms with van der Waals surface area (Å²) in [5, 5.41) is 16.1. The molecule has 0 aliphatic carbocycles. The second kappa shape index (κ2) is 6.80. The molecule has 0 unspecified atom stereocenters. The zero-order valence-corrected chi connectivity index (χ0v) is 14.5. The van der Waals surface area contributed by atoms with Gasteiger partial charge in [-0.15, -0.1) is 0 Å². The predicted molar refractivity (Wildman–Crippen MR) is 107 cm³/mol. The molecular weight excluding hydrogens is 356 g/mol. The van der Waals surface area contributed by atoms with Crippen molar-refractivity contribution < 1.29 is 4.63 Å². The van der Waals surface area contributed by atoms with E-state index < -0.39 is 0 Å². The molecule has 0 aliphatic heterocycles. The van der Waals surface area contributed by atoms with Crippen LogP contribution in [0.1, 0.15) is 5.56 Å². The van der Waals surface area contributed by atoms with Crippen LogP contribution in [-0.4, -0.2) is 31.5 Å². The normalized spacial score (nSPS) is 11.4. The molecule has 0 saturated carbocycles. The second-order valence-corrected chi connectivity index (χ2v) is 5.98. The number of benzene rings is 2. The Morgan fingerprint density at radius 1 is 0.893 bits per heavy atom. The van der Waals surface area contributed by atoms with Crippen molar-refractivity contribution in [2.75, 3.05) is 10.7 Å². The van der Waals surface area contributed by atoms with Crippen LogP contribution in [0.4, 0.5) is 17.3 Å². The van der Waals surface area contributed by atoms with Gasteiger partial charge in [0.05, 0.1) is 6.21 Å². The molecule has 0 aliphatic rings. The Hall–Kier alpha value is -4.27. The number of H-pyrrole nitrogens is 1. The molecule has 0 amide bonds. The zero-order chi connectivity index (χ0) is 18.8. The highest BCUT2D eigenvalue weighted by atomic mass is 16.6. The van der Waals surface area contributed by atoms with E-state index in [4.69, 9.17) is 4.63 Å². The van der Waals surface area contributed by atoms with Gasteiger partial charge in [-0.3, -0.25) is 5.43 Å². The van der Waals surface area contributed by atoms with Crippen molar-refractivity contribution in [2.24, 2.45) is 5.10 Å². The Labute approximate surface area is 158 Å². The Morgan fingerprint density at radius 2 is 1.64 bits per heavy atom. The number of nitrogens with zero attached hydrogens (tertiary/aromatic N) is 5. The van der Waals surface area contributed by atoms with E-state index in [1.165, 1.54) is 0 Å². The molecule has 0 bridgehead atoms. The van der Waals surface area contributed by atoms with Crippen molar-refractivity contribution in [3.8, 4) is 0 Å². The minimum atomic E-state index is 0.295. The van der Waals surface area contributed by atoms with Gasteiger partial charge in [0.1, 0.15) is 0 Å². The van der Waals surface area contributed by atoms with Crippen LogP contribution in [0.3, 0.4) is 0 Å². The van der Waals surface area contributed by atoms with Gasteiger partial charge in [-0.2, -0.15) is 10.1 Å². The van der Waals surface area contributed by atoms with Gasteiger partial charge in [0.2, 0.25) is 11.3 Å². The molecular formula is C19H14N8O. The fraction of sp³-hybridized carbons (Fsp3) is 0. The molecule has 136 valence electrons. The molecule has 0 radical (unpaired) electrons. The van der Waals surface area contributed by atoms with Gasteiger partial charge < -0.3 is 10.3 Å². The van der Waals surface area contributed by atoms with E-state index in [9.17, 15) is 0 Å². The first-order valence-electron chi connectivity index (χ1n) is 8.54. The molecule has 0 spiro atoms. The summed E-state index contributed by atoms with van der Waals surface area (Å²) in [5.41, 5.74) is 6.39. The molecule has 5 rings (SSSR count). The van der Waals surface area contributed by atoms with E-state index in [-0.39, 0.29) is 0 Å². The summed E-state index contributed by atoms with van der Waals surface area (Å²) in [6, 6.07) is 17.6. The number of hydrogen-bond acceptors (Lipinski definition) is 8. The quantitative estimate of drug-likeness (QED) is 0.319. The van der Waals surface area contributed by atoms with Crippen LogP contribution >= 0.6 is 0 Å². The molecule has 0 atom stereocenters. The lowest BCUT2D eigenvalue weighted by Crippen LogP contribution is -2.03. The van der Waals surface area contributed by atoms with Crippen LogP contribution in [0.5, 0.6) is 0 Å². The highest BCUT2D eigenvalue weighted by Crippen LogP contribution is 2.23. The third kappa shape index (κ3) is 3.01. The number of hydrazone groups is 1. The van der Waals surface area contributed by atoms with Gasteiger partial charge >= 0.3 is 0 Å². The highest BCUT2D eigenvalue weighted by Gasteiger charge is 2.12. The molecule has 2 aromatic carbocycles. The lowest BCUT2D eigenvalue weighted by atomic mass is 10.2. The summed E-state index contributed by atoms with van der Waals surface area (Å²) < 4.78 is 4.71. The van der Waals surface area contributed by atoms with Crippen molar-refractivity contribution in [3.05, 3.63) is 66.4 Å². The van der Waals surface area contributed by atoms with Gasteiger partial charge in [-0.05, 0) is 28.5 Å². The third-order valence-corrected chi connectivity index (χ3v) is 4.15. The van der Waals surface area contributed by atoms with E-state index in [1.807, 2.05) is 60.8 Å². The minimum absolute atomic E-state index is 0.295.